The highest BCUT2D eigenvalue weighted by molar-refractivity contribution is 7.89. The van der Waals surface area contributed by atoms with Crippen LogP contribution in [0.2, 0.25) is 0 Å². The number of aromatic amines is 1. The van der Waals surface area contributed by atoms with Crippen molar-refractivity contribution in [3.8, 4) is 17.3 Å². The number of aryl methyl sites for hydroxylation is 1. The van der Waals surface area contributed by atoms with E-state index in [9.17, 15) is 13.2 Å². The maximum absolute atomic E-state index is 13.5. The summed E-state index contributed by atoms with van der Waals surface area (Å²) in [5.41, 5.74) is 2.09. The highest BCUT2D eigenvalue weighted by Crippen LogP contribution is 2.30. The first-order valence-electron chi connectivity index (χ1n) is 13.3. The molecule has 4 aromatic heterocycles. The molecule has 0 spiro atoms. The first-order chi connectivity index (χ1) is 19.1. The quantitative estimate of drug-likeness (QED) is 0.256. The zero-order chi connectivity index (χ0) is 29.0. The van der Waals surface area contributed by atoms with Crippen LogP contribution in [0.1, 0.15) is 45.0 Å². The van der Waals surface area contributed by atoms with E-state index >= 15 is 0 Å². The Morgan fingerprint density at radius 2 is 1.88 bits per heavy atom. The number of fused-ring (bicyclic) bond motifs is 1. The summed E-state index contributed by atoms with van der Waals surface area (Å²) in [7, 11) is 1.19. The van der Waals surface area contributed by atoms with Gasteiger partial charge < -0.3 is 9.72 Å². The Bertz CT molecular complexity index is 1630. The molecule has 0 fully saturated rings. The van der Waals surface area contributed by atoms with Crippen LogP contribution in [0.4, 0.5) is 0 Å². The molecule has 0 saturated carbocycles. The third kappa shape index (κ3) is 5.91. The van der Waals surface area contributed by atoms with Crippen LogP contribution in [0, 0.1) is 0 Å². The van der Waals surface area contributed by atoms with Gasteiger partial charge in [0.1, 0.15) is 16.2 Å². The number of hydrogen-bond donors (Lipinski definition) is 1. The molecule has 0 aliphatic rings. The predicted molar refractivity (Wildman–Crippen MR) is 153 cm³/mol. The number of H-pyrrole nitrogens is 1. The molecule has 0 amide bonds. The van der Waals surface area contributed by atoms with Gasteiger partial charge in [-0.15, -0.1) is 0 Å². The van der Waals surface area contributed by atoms with E-state index in [1.54, 1.807) is 36.8 Å². The molecule has 4 aromatic rings. The molecule has 1 N–H and O–H groups in total. The van der Waals surface area contributed by atoms with E-state index in [-0.39, 0.29) is 27.7 Å². The van der Waals surface area contributed by atoms with Crippen LogP contribution in [-0.2, 0) is 23.0 Å². The highest BCUT2D eigenvalue weighted by Gasteiger charge is 2.29. The van der Waals surface area contributed by atoms with Gasteiger partial charge in [0.15, 0.2) is 5.52 Å². The van der Waals surface area contributed by atoms with Gasteiger partial charge in [0, 0.05) is 13.2 Å². The predicted octanol–water partition coefficient (Wildman–Crippen LogP) is 2.89. The van der Waals surface area contributed by atoms with Gasteiger partial charge in [0.2, 0.25) is 15.9 Å². The van der Waals surface area contributed by atoms with Gasteiger partial charge in [-0.05, 0) is 52.1 Å². The van der Waals surface area contributed by atoms with Crippen molar-refractivity contribution in [1.29, 1.82) is 0 Å². The molecule has 4 rings (SSSR count). The molecule has 0 bridgehead atoms. The van der Waals surface area contributed by atoms with E-state index in [1.165, 1.54) is 23.6 Å². The van der Waals surface area contributed by atoms with E-state index in [4.69, 9.17) is 9.72 Å². The average molecular weight is 569 g/mol. The summed E-state index contributed by atoms with van der Waals surface area (Å²) >= 11 is 0. The lowest BCUT2D eigenvalue weighted by atomic mass is 10.2. The van der Waals surface area contributed by atoms with E-state index < -0.39 is 21.7 Å². The topological polar surface area (TPSA) is 139 Å². The minimum Gasteiger partial charge on any atom is -0.477 e. The molecule has 0 aliphatic heterocycles. The van der Waals surface area contributed by atoms with Crippen LogP contribution in [0.5, 0.6) is 5.88 Å². The minimum absolute atomic E-state index is 0.0371. The van der Waals surface area contributed by atoms with Gasteiger partial charge in [0.25, 0.3) is 5.56 Å². The van der Waals surface area contributed by atoms with E-state index in [2.05, 4.69) is 20.1 Å². The summed E-state index contributed by atoms with van der Waals surface area (Å²) in [6.45, 7) is 6.53. The van der Waals surface area contributed by atoms with Crippen molar-refractivity contribution in [2.24, 2.45) is 0 Å². The summed E-state index contributed by atoms with van der Waals surface area (Å²) in [5, 5.41) is 4.57. The second-order valence-electron chi connectivity index (χ2n) is 9.78. The van der Waals surface area contributed by atoms with Crippen molar-refractivity contribution in [3.05, 3.63) is 58.4 Å². The third-order valence-electron chi connectivity index (χ3n) is 6.70. The summed E-state index contributed by atoms with van der Waals surface area (Å²) in [4.78, 5) is 31.3. The molecule has 0 saturated heterocycles. The largest absolute Gasteiger partial charge is 0.477 e. The lowest BCUT2D eigenvalue weighted by Crippen LogP contribution is -2.43. The lowest BCUT2D eigenvalue weighted by Gasteiger charge is -2.29. The zero-order valence-corrected chi connectivity index (χ0v) is 24.6. The molecule has 0 aromatic carbocycles. The van der Waals surface area contributed by atoms with Gasteiger partial charge in [0.05, 0.1) is 42.5 Å². The second kappa shape index (κ2) is 12.2. The average Bonchev–Trinajstić information content (AvgIpc) is 3.28. The molecule has 12 nitrogen and oxygen atoms in total. The van der Waals surface area contributed by atoms with Crippen LogP contribution in [0.25, 0.3) is 22.4 Å². The molecule has 1 unspecified atom stereocenters. The Hall–Kier alpha value is -3.68. The Labute approximate surface area is 234 Å². The molecule has 40 heavy (non-hydrogen) atoms. The lowest BCUT2D eigenvalue weighted by molar-refractivity contribution is 0.194. The van der Waals surface area contributed by atoms with Gasteiger partial charge in [-0.1, -0.05) is 26.3 Å². The Morgan fingerprint density at radius 1 is 1.10 bits per heavy atom. The van der Waals surface area contributed by atoms with Crippen molar-refractivity contribution in [2.75, 3.05) is 27.7 Å². The summed E-state index contributed by atoms with van der Waals surface area (Å²) in [6, 6.07) is 7.09. The highest BCUT2D eigenvalue weighted by atomic mass is 32.2. The first kappa shape index (κ1) is 29.3. The molecular weight excluding hydrogens is 532 g/mol. The number of sulfonamides is 1. The minimum atomic E-state index is -3.92. The normalized spacial score (nSPS) is 12.9. The molecule has 0 radical (unpaired) electrons. The number of rotatable bonds is 12. The molecule has 1 atom stereocenters. The number of pyridine rings is 2. The monoisotopic (exact) mass is 568 g/mol. The summed E-state index contributed by atoms with van der Waals surface area (Å²) in [5.74, 6) is 0.343. The van der Waals surface area contributed by atoms with Crippen LogP contribution >= 0.6 is 0 Å². The number of ether oxygens (including phenoxy) is 1. The van der Waals surface area contributed by atoms with E-state index in [1.807, 2.05) is 32.0 Å². The number of hydrogen-bond acceptors (Lipinski definition) is 9. The van der Waals surface area contributed by atoms with Gasteiger partial charge >= 0.3 is 0 Å². The van der Waals surface area contributed by atoms with Crippen LogP contribution in [-0.4, -0.2) is 81.3 Å². The van der Waals surface area contributed by atoms with Crippen molar-refractivity contribution >= 4 is 21.1 Å². The first-order valence-corrected chi connectivity index (χ1v) is 14.7. The molecule has 13 heteroatoms. The van der Waals surface area contributed by atoms with Gasteiger partial charge in [-0.3, -0.25) is 19.4 Å². The van der Waals surface area contributed by atoms with Gasteiger partial charge in [-0.25, -0.2) is 18.4 Å². The maximum Gasteiger partial charge on any atom is 0.279 e. The molecular formula is C27H36N8O4S. The fraction of sp³-hybridized carbons (Fsp3) is 0.444. The Balaban J connectivity index is 1.88. The fourth-order valence-electron chi connectivity index (χ4n) is 4.20. The summed E-state index contributed by atoms with van der Waals surface area (Å²) in [6.07, 6.45) is 4.74. The number of nitrogens with one attached hydrogen (secondary N) is 1. The van der Waals surface area contributed by atoms with Crippen molar-refractivity contribution in [1.82, 2.24) is 38.9 Å². The second-order valence-corrected chi connectivity index (χ2v) is 11.8. The standard InChI is InChI=1S/C27H36N8O4S/c1-7-11-22-23-24(32-35(22)17-19-12-9-10-13-28-19)26(36)31-25(30-23)21-15-20(16-29-27(21)39-14-8-2)40(37,38)34(6)18(3)33(4)5/h9-10,12-13,15-16,18H,7-8,11,14,17H2,1-6H3,(H,30,31,36). The summed E-state index contributed by atoms with van der Waals surface area (Å²) < 4.78 is 35.9. The van der Waals surface area contributed by atoms with Crippen LogP contribution in [0.15, 0.2) is 46.3 Å². The zero-order valence-electron chi connectivity index (χ0n) is 23.7. The van der Waals surface area contributed by atoms with Crippen LogP contribution in [0.3, 0.4) is 0 Å². The van der Waals surface area contributed by atoms with Crippen molar-refractivity contribution < 1.29 is 13.2 Å². The third-order valence-corrected chi connectivity index (χ3v) is 8.58. The van der Waals surface area contributed by atoms with Gasteiger partial charge in [-0.2, -0.15) is 9.40 Å². The van der Waals surface area contributed by atoms with Crippen LogP contribution < -0.4 is 10.3 Å². The molecule has 4 heterocycles. The fourth-order valence-corrected chi connectivity index (χ4v) is 5.58. The molecule has 0 aliphatic carbocycles. The van der Waals surface area contributed by atoms with E-state index in [0.717, 1.165) is 17.8 Å². The SMILES string of the molecule is CCCOc1ncc(S(=O)(=O)N(C)C(C)N(C)C)cc1-c1nc2c(CCC)n(Cc3ccccn3)nc2c(=O)[nH]1. The number of aromatic nitrogens is 6. The molecule has 214 valence electrons. The Kier molecular flexibility index (Phi) is 8.96. The van der Waals surface area contributed by atoms with Crippen molar-refractivity contribution in [3.63, 3.8) is 0 Å². The smallest absolute Gasteiger partial charge is 0.279 e. The van der Waals surface area contributed by atoms with E-state index in [0.29, 0.717) is 31.5 Å². The number of nitrogens with zero attached hydrogens (tertiary/aromatic N) is 7. The maximum atomic E-state index is 13.5. The van der Waals surface area contributed by atoms with Crippen molar-refractivity contribution in [2.45, 2.75) is 57.6 Å². The Morgan fingerprint density at radius 3 is 2.52 bits per heavy atom.